The quantitative estimate of drug-likeness (QED) is 0.114. The van der Waals surface area contributed by atoms with Gasteiger partial charge in [-0.15, -0.1) is 0 Å². The van der Waals surface area contributed by atoms with E-state index in [-0.39, 0.29) is 55.9 Å². The molecule has 2 amide bonds. The summed E-state index contributed by atoms with van der Waals surface area (Å²) >= 11 is 0. The largest absolute Gasteiger partial charge is 0.488 e. The lowest BCUT2D eigenvalue weighted by Crippen LogP contribution is -2.62. The molecule has 2 bridgehead atoms. The molecule has 2 heterocycles. The highest BCUT2D eigenvalue weighted by molar-refractivity contribution is 6.03. The maximum Gasteiger partial charge on any atom is 0.305 e. The fraction of sp³-hybridized carbons (Fsp3) is 0.439. The number of amides is 2. The monoisotopic (exact) mass is 733 g/mol. The lowest BCUT2D eigenvalue weighted by molar-refractivity contribution is -0.141. The molecular weight excluding hydrogens is 687 g/mol. The van der Waals surface area contributed by atoms with Crippen LogP contribution >= 0.6 is 0 Å². The van der Waals surface area contributed by atoms with Crippen LogP contribution in [0.3, 0.4) is 0 Å². The Morgan fingerprint density at radius 3 is 2.36 bits per heavy atom. The molecular formula is C41H46F3N3O6. The van der Waals surface area contributed by atoms with Crippen molar-refractivity contribution in [2.45, 2.75) is 82.5 Å². The van der Waals surface area contributed by atoms with Crippen LogP contribution < -0.4 is 10.1 Å². The van der Waals surface area contributed by atoms with E-state index in [1.807, 2.05) is 53.4 Å². The lowest BCUT2D eigenvalue weighted by Gasteiger charge is -2.45. The number of carbonyl (C=O) groups is 3. The Hall–Kier alpha value is -4.68. The van der Waals surface area contributed by atoms with Crippen LogP contribution in [0.25, 0.3) is 5.57 Å². The summed E-state index contributed by atoms with van der Waals surface area (Å²) in [5.74, 6) is -4.69. The minimum absolute atomic E-state index is 0.00573. The van der Waals surface area contributed by atoms with Crippen molar-refractivity contribution in [1.82, 2.24) is 15.1 Å². The maximum atomic E-state index is 14.9. The number of methoxy groups -OCH3 is 1. The number of nitrogens with one attached hydrogen (secondary N) is 1. The van der Waals surface area contributed by atoms with Crippen LogP contribution in [-0.4, -0.2) is 84.2 Å². The Balaban J connectivity index is 1.23. The molecule has 0 aromatic heterocycles. The molecule has 12 heteroatoms. The number of benzene rings is 3. The normalized spacial score (nSPS) is 18.2. The van der Waals surface area contributed by atoms with Crippen molar-refractivity contribution in [3.05, 3.63) is 106 Å². The third kappa shape index (κ3) is 9.28. The van der Waals surface area contributed by atoms with E-state index in [9.17, 15) is 32.7 Å². The van der Waals surface area contributed by atoms with E-state index < -0.39 is 29.2 Å². The molecule has 2 aliphatic heterocycles. The average molecular weight is 734 g/mol. The van der Waals surface area contributed by atoms with Crippen molar-refractivity contribution in [1.29, 1.82) is 0 Å². The number of aliphatic hydroxyl groups excluding tert-OH is 1. The predicted octanol–water partition coefficient (Wildman–Crippen LogP) is 5.51. The number of nitrogens with zero attached hydrogens (tertiary/aromatic N) is 2. The summed E-state index contributed by atoms with van der Waals surface area (Å²) in [4.78, 5) is 43.6. The third-order valence-electron chi connectivity index (χ3n) is 10.2. The van der Waals surface area contributed by atoms with Gasteiger partial charge in [-0.2, -0.15) is 4.39 Å². The maximum absolute atomic E-state index is 14.9. The number of fused-ring (bicyclic) bond motifs is 2. The van der Waals surface area contributed by atoms with Gasteiger partial charge >= 0.3 is 5.97 Å². The van der Waals surface area contributed by atoms with Crippen molar-refractivity contribution in [3.8, 4) is 5.75 Å². The Labute approximate surface area is 307 Å². The van der Waals surface area contributed by atoms with Gasteiger partial charge in [0.05, 0.1) is 19.8 Å². The molecule has 1 saturated heterocycles. The SMILES string of the molecule is COC(=O)CCCC(=O)N1C[C@H]2CC(c3ccc(CCCOc4c(F)ccc(F)c4F)cc3)=C(C(=O)N(Cc3ccccc3CCO)C3CC3)[C@@H](C1)N2. The van der Waals surface area contributed by atoms with Gasteiger partial charge in [0.25, 0.3) is 5.91 Å². The molecule has 1 aliphatic carbocycles. The molecule has 9 nitrogen and oxygen atoms in total. The zero-order chi connectivity index (χ0) is 37.5. The minimum Gasteiger partial charge on any atom is -0.488 e. The van der Waals surface area contributed by atoms with E-state index in [0.29, 0.717) is 57.3 Å². The smallest absolute Gasteiger partial charge is 0.305 e. The molecule has 3 aromatic rings. The van der Waals surface area contributed by atoms with E-state index in [1.54, 1.807) is 4.90 Å². The Kier molecular flexibility index (Phi) is 12.5. The molecule has 282 valence electrons. The number of carbonyl (C=O) groups excluding carboxylic acids is 3. The topological polar surface area (TPSA) is 108 Å². The Morgan fingerprint density at radius 2 is 1.64 bits per heavy atom. The average Bonchev–Trinajstić information content (AvgIpc) is 4.01. The molecule has 2 atom stereocenters. The second-order valence-corrected chi connectivity index (χ2v) is 14.0. The fourth-order valence-electron chi connectivity index (χ4n) is 7.35. The van der Waals surface area contributed by atoms with Gasteiger partial charge in [0.1, 0.15) is 0 Å². The van der Waals surface area contributed by atoms with E-state index in [0.717, 1.165) is 52.8 Å². The van der Waals surface area contributed by atoms with E-state index in [4.69, 9.17) is 9.47 Å². The summed E-state index contributed by atoms with van der Waals surface area (Å²) in [5.41, 5.74) is 5.43. The first-order valence-corrected chi connectivity index (χ1v) is 18.3. The summed E-state index contributed by atoms with van der Waals surface area (Å²) in [7, 11) is 1.33. The van der Waals surface area contributed by atoms with Crippen LogP contribution in [0.15, 0.2) is 66.2 Å². The van der Waals surface area contributed by atoms with E-state index in [1.165, 1.54) is 7.11 Å². The number of ether oxygens (including phenoxy) is 2. The summed E-state index contributed by atoms with van der Waals surface area (Å²) in [5, 5.41) is 13.3. The number of piperazine rings is 1. The van der Waals surface area contributed by atoms with Gasteiger partial charge < -0.3 is 29.7 Å². The molecule has 0 unspecified atom stereocenters. The number of hydrogen-bond acceptors (Lipinski definition) is 7. The van der Waals surface area contributed by atoms with Gasteiger partial charge in [0, 0.05) is 56.7 Å². The number of halogens is 3. The molecule has 0 spiro atoms. The predicted molar refractivity (Wildman–Crippen MR) is 192 cm³/mol. The number of hydrogen-bond donors (Lipinski definition) is 2. The molecule has 3 aromatic carbocycles. The van der Waals surface area contributed by atoms with Crippen molar-refractivity contribution in [2.75, 3.05) is 33.4 Å². The van der Waals surface area contributed by atoms with Gasteiger partial charge in [0.2, 0.25) is 11.7 Å². The molecule has 6 rings (SSSR count). The Morgan fingerprint density at radius 1 is 0.906 bits per heavy atom. The molecule has 53 heavy (non-hydrogen) atoms. The van der Waals surface area contributed by atoms with Crippen molar-refractivity contribution in [3.63, 3.8) is 0 Å². The second kappa shape index (κ2) is 17.4. The van der Waals surface area contributed by atoms with Crippen LogP contribution in [0.2, 0.25) is 0 Å². The highest BCUT2D eigenvalue weighted by Crippen LogP contribution is 2.38. The summed E-state index contributed by atoms with van der Waals surface area (Å²) < 4.78 is 51.5. The first kappa shape index (κ1) is 38.1. The second-order valence-electron chi connectivity index (χ2n) is 14.0. The molecule has 2 N–H and O–H groups in total. The first-order chi connectivity index (χ1) is 25.7. The first-order valence-electron chi connectivity index (χ1n) is 18.3. The van der Waals surface area contributed by atoms with Gasteiger partial charge in [0.15, 0.2) is 17.4 Å². The summed E-state index contributed by atoms with van der Waals surface area (Å²) in [6.07, 6.45) is 4.57. The zero-order valence-corrected chi connectivity index (χ0v) is 29.9. The fourth-order valence-corrected chi connectivity index (χ4v) is 7.35. The van der Waals surface area contributed by atoms with Crippen LogP contribution in [0.1, 0.15) is 67.2 Å². The van der Waals surface area contributed by atoms with Gasteiger partial charge in [-0.1, -0.05) is 48.5 Å². The molecule has 0 radical (unpaired) electrons. The van der Waals surface area contributed by atoms with Crippen LogP contribution in [0, 0.1) is 17.5 Å². The van der Waals surface area contributed by atoms with Gasteiger partial charge in [-0.3, -0.25) is 14.4 Å². The molecule has 1 saturated carbocycles. The number of rotatable bonds is 16. The number of aliphatic hydroxyl groups is 1. The van der Waals surface area contributed by atoms with Gasteiger partial charge in [-0.05, 0) is 84.9 Å². The highest BCUT2D eigenvalue weighted by atomic mass is 19.2. The highest BCUT2D eigenvalue weighted by Gasteiger charge is 2.43. The summed E-state index contributed by atoms with van der Waals surface area (Å²) in [6, 6.07) is 16.9. The molecule has 2 fully saturated rings. The van der Waals surface area contributed by atoms with Gasteiger partial charge in [-0.25, -0.2) is 8.78 Å². The van der Waals surface area contributed by atoms with Crippen LogP contribution in [0.5, 0.6) is 5.75 Å². The van der Waals surface area contributed by atoms with Crippen LogP contribution in [0.4, 0.5) is 13.2 Å². The third-order valence-corrected chi connectivity index (χ3v) is 10.2. The van der Waals surface area contributed by atoms with E-state index >= 15 is 0 Å². The lowest BCUT2D eigenvalue weighted by atomic mass is 9.82. The van der Waals surface area contributed by atoms with Crippen molar-refractivity contribution < 1.29 is 42.1 Å². The van der Waals surface area contributed by atoms with Crippen molar-refractivity contribution in [2.24, 2.45) is 0 Å². The standard InChI is InChI=1S/C41H46F3N3O6/c1-52-37(50)10-4-9-36(49)46-24-30-22-32(28-13-11-26(12-14-28)6-5-21-53-40-34(43)18-17-33(42)39(40)44)38(35(25-46)45-30)41(51)47(31-15-16-31)23-29-8-3-2-7-27(29)19-20-48/h2-3,7-8,11-14,17-18,30-31,35,45,48H,4-6,9-10,15-16,19-25H2,1H3/t30-,35-/m1/s1. The van der Waals surface area contributed by atoms with Crippen LogP contribution in [-0.2, 0) is 38.5 Å². The Bertz CT molecular complexity index is 1830. The van der Waals surface area contributed by atoms with E-state index in [2.05, 4.69) is 5.32 Å². The summed E-state index contributed by atoms with van der Waals surface area (Å²) in [6.45, 7) is 1.21. The van der Waals surface area contributed by atoms with Crippen molar-refractivity contribution >= 4 is 23.4 Å². The molecule has 3 aliphatic rings. The number of esters is 1. The number of aryl methyl sites for hydroxylation is 1. The minimum atomic E-state index is -1.35. The zero-order valence-electron chi connectivity index (χ0n) is 29.9.